The van der Waals surface area contributed by atoms with E-state index in [4.69, 9.17) is 15.2 Å². The Morgan fingerprint density at radius 1 is 1.10 bits per heavy atom. The third-order valence-electron chi connectivity index (χ3n) is 3.91. The van der Waals surface area contributed by atoms with Crippen molar-refractivity contribution in [3.05, 3.63) is 47.5 Å². The van der Waals surface area contributed by atoms with Crippen LogP contribution in [-0.4, -0.2) is 36.9 Å². The van der Waals surface area contributed by atoms with Crippen molar-refractivity contribution in [3.63, 3.8) is 0 Å². The smallest absolute Gasteiger partial charge is 0.238 e. The molecule has 0 aliphatic rings. The van der Waals surface area contributed by atoms with Crippen molar-refractivity contribution in [1.82, 2.24) is 10.4 Å². The summed E-state index contributed by atoms with van der Waals surface area (Å²) in [7, 11) is 5.15. The van der Waals surface area contributed by atoms with Crippen LogP contribution in [-0.2, 0) is 17.0 Å². The molecule has 2 aromatic rings. The van der Waals surface area contributed by atoms with Gasteiger partial charge in [0.1, 0.15) is 5.75 Å². The predicted molar refractivity (Wildman–Crippen MR) is 121 cm³/mol. The highest BCUT2D eigenvalue weighted by atomic mass is 32.2. The minimum atomic E-state index is -0.0964. The van der Waals surface area contributed by atoms with Gasteiger partial charge in [-0.15, -0.1) is 0 Å². The minimum absolute atomic E-state index is 0.0964. The van der Waals surface area contributed by atoms with E-state index in [1.165, 1.54) is 0 Å². The zero-order valence-corrected chi connectivity index (χ0v) is 18.9. The fourth-order valence-corrected chi connectivity index (χ4v) is 3.42. The Balaban J connectivity index is 2.28. The van der Waals surface area contributed by atoms with Crippen LogP contribution in [0, 0.1) is 0 Å². The van der Waals surface area contributed by atoms with Gasteiger partial charge in [0.15, 0.2) is 11.5 Å². The SMILES string of the molecule is COc1ccc(CC(=O)NN(C)C)cc1Oc1ccc(N)cc1CSC(C)(C)C. The number of thioether (sulfide) groups is 1. The van der Waals surface area contributed by atoms with Crippen LogP contribution in [0.3, 0.4) is 0 Å². The van der Waals surface area contributed by atoms with E-state index in [1.807, 2.05) is 48.2 Å². The summed E-state index contributed by atoms with van der Waals surface area (Å²) in [5.74, 6) is 2.57. The molecule has 0 aliphatic carbocycles. The normalized spacial score (nSPS) is 11.4. The Bertz CT molecular complexity index is 848. The van der Waals surface area contributed by atoms with Crippen molar-refractivity contribution in [1.29, 1.82) is 0 Å². The minimum Gasteiger partial charge on any atom is -0.493 e. The summed E-state index contributed by atoms with van der Waals surface area (Å²) in [6.45, 7) is 6.53. The maximum absolute atomic E-state index is 12.1. The summed E-state index contributed by atoms with van der Waals surface area (Å²) in [6.07, 6.45) is 0.243. The molecule has 0 aromatic heterocycles. The summed E-state index contributed by atoms with van der Waals surface area (Å²) < 4.78 is 11.8. The number of amides is 1. The third kappa shape index (κ3) is 7.51. The van der Waals surface area contributed by atoms with Gasteiger partial charge in [-0.2, -0.15) is 11.8 Å². The van der Waals surface area contributed by atoms with Gasteiger partial charge in [-0.25, -0.2) is 5.01 Å². The monoisotopic (exact) mass is 417 g/mol. The summed E-state index contributed by atoms with van der Waals surface area (Å²) in [4.78, 5) is 12.1. The van der Waals surface area contributed by atoms with Crippen LogP contribution >= 0.6 is 11.8 Å². The average molecular weight is 418 g/mol. The van der Waals surface area contributed by atoms with E-state index in [-0.39, 0.29) is 17.1 Å². The number of nitrogens with two attached hydrogens (primary N) is 1. The van der Waals surface area contributed by atoms with Crippen LogP contribution in [0.25, 0.3) is 0 Å². The van der Waals surface area contributed by atoms with Crippen LogP contribution in [0.5, 0.6) is 17.2 Å². The summed E-state index contributed by atoms with van der Waals surface area (Å²) in [6, 6.07) is 11.1. The summed E-state index contributed by atoms with van der Waals surface area (Å²) in [5, 5.41) is 1.62. The number of carbonyl (C=O) groups excluding carboxylic acids is 1. The molecule has 0 fully saturated rings. The van der Waals surface area contributed by atoms with E-state index in [9.17, 15) is 4.79 Å². The first-order valence-corrected chi connectivity index (χ1v) is 10.4. The standard InChI is InChI=1S/C22H31N3O3S/c1-22(2,3)29-14-16-13-17(23)8-10-18(16)28-20-11-15(7-9-19(20)27-6)12-21(26)24-25(4)5/h7-11,13H,12,14,23H2,1-6H3,(H,24,26). The molecule has 2 rings (SSSR count). The van der Waals surface area contributed by atoms with Crippen molar-refractivity contribution in [2.24, 2.45) is 0 Å². The molecule has 2 aromatic carbocycles. The lowest BCUT2D eigenvalue weighted by Crippen LogP contribution is -2.37. The zero-order valence-electron chi connectivity index (χ0n) is 18.0. The molecule has 0 atom stereocenters. The predicted octanol–water partition coefficient (Wildman–Crippen LogP) is 4.24. The molecule has 0 bridgehead atoms. The molecule has 0 radical (unpaired) electrons. The summed E-state index contributed by atoms with van der Waals surface area (Å²) >= 11 is 1.82. The van der Waals surface area contributed by atoms with Gasteiger partial charge in [0.05, 0.1) is 13.5 Å². The topological polar surface area (TPSA) is 76.8 Å². The fourth-order valence-electron chi connectivity index (χ4n) is 2.61. The highest BCUT2D eigenvalue weighted by Crippen LogP contribution is 2.37. The Labute approximate surface area is 177 Å². The number of anilines is 1. The van der Waals surface area contributed by atoms with Crippen LogP contribution in [0.4, 0.5) is 5.69 Å². The molecule has 0 unspecified atom stereocenters. The second-order valence-electron chi connectivity index (χ2n) is 7.96. The molecule has 0 spiro atoms. The molecule has 0 heterocycles. The van der Waals surface area contributed by atoms with Crippen molar-refractivity contribution in [2.45, 2.75) is 37.7 Å². The van der Waals surface area contributed by atoms with Gasteiger partial charge in [-0.1, -0.05) is 26.8 Å². The van der Waals surface area contributed by atoms with Crippen LogP contribution in [0.15, 0.2) is 36.4 Å². The van der Waals surface area contributed by atoms with Crippen LogP contribution < -0.4 is 20.6 Å². The van der Waals surface area contributed by atoms with Gasteiger partial charge in [-0.05, 0) is 35.9 Å². The molecule has 0 saturated carbocycles. The maximum atomic E-state index is 12.1. The van der Waals surface area contributed by atoms with Crippen molar-refractivity contribution < 1.29 is 14.3 Å². The van der Waals surface area contributed by atoms with Gasteiger partial charge >= 0.3 is 0 Å². The number of nitrogen functional groups attached to an aromatic ring is 1. The van der Waals surface area contributed by atoms with Crippen molar-refractivity contribution >= 4 is 23.4 Å². The Hall–Kier alpha value is -2.38. The van der Waals surface area contributed by atoms with Crippen molar-refractivity contribution in [2.75, 3.05) is 26.9 Å². The molecule has 0 saturated heterocycles. The Morgan fingerprint density at radius 2 is 1.79 bits per heavy atom. The molecular weight excluding hydrogens is 386 g/mol. The average Bonchev–Trinajstić information content (AvgIpc) is 2.60. The van der Waals surface area contributed by atoms with Gasteiger partial charge in [-0.3, -0.25) is 10.2 Å². The molecule has 6 nitrogen and oxygen atoms in total. The third-order valence-corrected chi connectivity index (χ3v) is 5.23. The highest BCUT2D eigenvalue weighted by molar-refractivity contribution is 7.99. The van der Waals surface area contributed by atoms with Crippen LogP contribution in [0.2, 0.25) is 0 Å². The van der Waals surface area contributed by atoms with Gasteiger partial charge in [0.25, 0.3) is 0 Å². The van der Waals surface area contributed by atoms with Gasteiger partial charge < -0.3 is 15.2 Å². The molecule has 1 amide bonds. The number of ether oxygens (including phenoxy) is 2. The number of hydrogen-bond acceptors (Lipinski definition) is 6. The number of nitrogens with one attached hydrogen (secondary N) is 1. The lowest BCUT2D eigenvalue weighted by Gasteiger charge is -2.20. The van der Waals surface area contributed by atoms with E-state index in [0.717, 1.165) is 22.6 Å². The lowest BCUT2D eigenvalue weighted by molar-refractivity contribution is -0.124. The number of hydrogen-bond donors (Lipinski definition) is 2. The number of benzene rings is 2. The van der Waals surface area contributed by atoms with Crippen molar-refractivity contribution in [3.8, 4) is 17.2 Å². The Morgan fingerprint density at radius 3 is 2.41 bits per heavy atom. The van der Waals surface area contributed by atoms with E-state index in [2.05, 4.69) is 26.2 Å². The molecule has 29 heavy (non-hydrogen) atoms. The molecule has 3 N–H and O–H groups in total. The molecular formula is C22H31N3O3S. The highest BCUT2D eigenvalue weighted by Gasteiger charge is 2.16. The first kappa shape index (κ1) is 22.9. The maximum Gasteiger partial charge on any atom is 0.238 e. The molecule has 158 valence electrons. The first-order valence-electron chi connectivity index (χ1n) is 9.41. The number of carbonyl (C=O) groups is 1. The number of hydrazine groups is 1. The van der Waals surface area contributed by atoms with E-state index in [1.54, 1.807) is 26.2 Å². The second kappa shape index (κ2) is 9.89. The number of nitrogens with zero attached hydrogens (tertiary/aromatic N) is 1. The van der Waals surface area contributed by atoms with Crippen LogP contribution in [0.1, 0.15) is 31.9 Å². The van der Waals surface area contributed by atoms with E-state index in [0.29, 0.717) is 17.2 Å². The number of rotatable bonds is 8. The van der Waals surface area contributed by atoms with E-state index < -0.39 is 0 Å². The summed E-state index contributed by atoms with van der Waals surface area (Å²) in [5.41, 5.74) is 11.3. The first-order chi connectivity index (χ1) is 13.6. The van der Waals surface area contributed by atoms with Gasteiger partial charge in [0.2, 0.25) is 5.91 Å². The Kier molecular flexibility index (Phi) is 7.81. The van der Waals surface area contributed by atoms with E-state index >= 15 is 0 Å². The zero-order chi connectivity index (χ0) is 21.6. The quantitative estimate of drug-likeness (QED) is 0.494. The largest absolute Gasteiger partial charge is 0.493 e. The number of methoxy groups -OCH3 is 1. The van der Waals surface area contributed by atoms with Gasteiger partial charge in [0, 0.05) is 35.8 Å². The lowest BCUT2D eigenvalue weighted by atomic mass is 10.1. The molecule has 0 aliphatic heterocycles. The second-order valence-corrected chi connectivity index (χ2v) is 9.76. The molecule has 7 heteroatoms. The fraction of sp³-hybridized carbons (Fsp3) is 0.409.